The van der Waals surface area contributed by atoms with Crippen molar-refractivity contribution in [2.45, 2.75) is 26.3 Å². The van der Waals surface area contributed by atoms with Gasteiger partial charge in [0.1, 0.15) is 6.54 Å². The number of carbonyl (C=O) groups is 1. The fourth-order valence-electron chi connectivity index (χ4n) is 1.27. The van der Waals surface area contributed by atoms with Gasteiger partial charge in [0.25, 0.3) is 5.56 Å². The van der Waals surface area contributed by atoms with Crippen LogP contribution < -0.4 is 5.56 Å². The maximum Gasteiger partial charge on any atom is 0.323 e. The molecule has 76 valence electrons. The maximum absolute atomic E-state index is 11.6. The van der Waals surface area contributed by atoms with Gasteiger partial charge in [-0.05, 0) is 12.0 Å². The number of hydrogen-bond donors (Lipinski definition) is 1. The smallest absolute Gasteiger partial charge is 0.323 e. The predicted octanol–water partition coefficient (Wildman–Crippen LogP) is 1.06. The van der Waals surface area contributed by atoms with Gasteiger partial charge in [0.15, 0.2) is 0 Å². The van der Waals surface area contributed by atoms with Crippen LogP contribution in [0.5, 0.6) is 0 Å². The number of nitrogens with zero attached hydrogens (tertiary/aromatic N) is 1. The van der Waals surface area contributed by atoms with Gasteiger partial charge in [-0.25, -0.2) is 0 Å². The Hall–Kier alpha value is -1.58. The van der Waals surface area contributed by atoms with Gasteiger partial charge in [0.2, 0.25) is 0 Å². The number of hydrogen-bond acceptors (Lipinski definition) is 2. The van der Waals surface area contributed by atoms with E-state index in [9.17, 15) is 9.59 Å². The third-order valence-corrected chi connectivity index (χ3v) is 1.98. The van der Waals surface area contributed by atoms with Crippen LogP contribution in [0.3, 0.4) is 0 Å². The second-order valence-corrected chi connectivity index (χ2v) is 3.45. The summed E-state index contributed by atoms with van der Waals surface area (Å²) >= 11 is 0. The average molecular weight is 195 g/mol. The summed E-state index contributed by atoms with van der Waals surface area (Å²) in [6.07, 6.45) is 1.49. The normalized spacial score (nSPS) is 10.5. The van der Waals surface area contributed by atoms with Crippen LogP contribution in [-0.2, 0) is 11.3 Å². The molecular weight excluding hydrogens is 182 g/mol. The van der Waals surface area contributed by atoms with Gasteiger partial charge >= 0.3 is 5.97 Å². The zero-order valence-electron chi connectivity index (χ0n) is 8.23. The van der Waals surface area contributed by atoms with E-state index in [1.54, 1.807) is 12.1 Å². The first-order valence-electron chi connectivity index (χ1n) is 4.43. The molecule has 0 unspecified atom stereocenters. The van der Waals surface area contributed by atoms with E-state index in [1.165, 1.54) is 10.8 Å². The molecule has 0 bridgehead atoms. The minimum Gasteiger partial charge on any atom is -0.480 e. The van der Waals surface area contributed by atoms with E-state index in [1.807, 2.05) is 13.8 Å². The SMILES string of the molecule is CC(C)c1cccn(CC(=O)O)c1=O. The van der Waals surface area contributed by atoms with Crippen LogP contribution in [0.4, 0.5) is 0 Å². The molecule has 4 nitrogen and oxygen atoms in total. The van der Waals surface area contributed by atoms with Crippen molar-refractivity contribution in [3.8, 4) is 0 Å². The number of rotatable bonds is 3. The van der Waals surface area contributed by atoms with Crippen molar-refractivity contribution in [1.82, 2.24) is 4.57 Å². The minimum atomic E-state index is -1.01. The summed E-state index contributed by atoms with van der Waals surface area (Å²) in [6.45, 7) is 3.53. The van der Waals surface area contributed by atoms with Gasteiger partial charge in [-0.1, -0.05) is 19.9 Å². The molecule has 1 rings (SSSR count). The maximum atomic E-state index is 11.6. The number of aliphatic carboxylic acids is 1. The highest BCUT2D eigenvalue weighted by molar-refractivity contribution is 5.66. The zero-order valence-corrected chi connectivity index (χ0v) is 8.23. The van der Waals surface area contributed by atoms with Gasteiger partial charge in [0.05, 0.1) is 0 Å². The summed E-state index contributed by atoms with van der Waals surface area (Å²) in [5.74, 6) is -0.892. The van der Waals surface area contributed by atoms with E-state index in [4.69, 9.17) is 5.11 Å². The molecule has 0 amide bonds. The van der Waals surface area contributed by atoms with E-state index >= 15 is 0 Å². The molecule has 4 heteroatoms. The van der Waals surface area contributed by atoms with Gasteiger partial charge < -0.3 is 9.67 Å². The van der Waals surface area contributed by atoms with Crippen molar-refractivity contribution in [3.05, 3.63) is 34.2 Å². The molecule has 0 aromatic carbocycles. The van der Waals surface area contributed by atoms with Crippen LogP contribution in [0.1, 0.15) is 25.3 Å². The fourth-order valence-corrected chi connectivity index (χ4v) is 1.27. The second kappa shape index (κ2) is 4.09. The highest BCUT2D eigenvalue weighted by atomic mass is 16.4. The molecule has 1 aromatic rings. The number of aromatic nitrogens is 1. The van der Waals surface area contributed by atoms with Gasteiger partial charge in [-0.2, -0.15) is 0 Å². The molecule has 0 spiro atoms. The lowest BCUT2D eigenvalue weighted by molar-refractivity contribution is -0.137. The molecule has 0 saturated heterocycles. The second-order valence-electron chi connectivity index (χ2n) is 3.45. The van der Waals surface area contributed by atoms with Crippen LogP contribution in [0.15, 0.2) is 23.1 Å². The van der Waals surface area contributed by atoms with Gasteiger partial charge in [0, 0.05) is 11.8 Å². The molecule has 0 aliphatic carbocycles. The summed E-state index contributed by atoms with van der Waals surface area (Å²) in [5, 5.41) is 8.56. The van der Waals surface area contributed by atoms with Gasteiger partial charge in [-0.15, -0.1) is 0 Å². The Morgan fingerprint density at radius 1 is 1.57 bits per heavy atom. The summed E-state index contributed by atoms with van der Waals surface area (Å²) in [6, 6.07) is 3.42. The van der Waals surface area contributed by atoms with E-state index in [-0.39, 0.29) is 18.0 Å². The average Bonchev–Trinajstić information content (AvgIpc) is 2.07. The summed E-state index contributed by atoms with van der Waals surface area (Å²) < 4.78 is 1.21. The van der Waals surface area contributed by atoms with Crippen LogP contribution in [0.2, 0.25) is 0 Å². The topological polar surface area (TPSA) is 59.3 Å². The molecule has 1 N–H and O–H groups in total. The molecule has 0 aliphatic rings. The Kier molecular flexibility index (Phi) is 3.06. The van der Waals surface area contributed by atoms with Crippen molar-refractivity contribution in [2.24, 2.45) is 0 Å². The predicted molar refractivity (Wildman–Crippen MR) is 52.4 cm³/mol. The number of carboxylic acids is 1. The third-order valence-electron chi connectivity index (χ3n) is 1.98. The molecule has 0 saturated carbocycles. The molecule has 0 aliphatic heterocycles. The highest BCUT2D eigenvalue weighted by Crippen LogP contribution is 2.07. The summed E-state index contributed by atoms with van der Waals surface area (Å²) in [7, 11) is 0. The molecule has 0 fully saturated rings. The van der Waals surface area contributed by atoms with E-state index in [0.29, 0.717) is 5.56 Å². The fraction of sp³-hybridized carbons (Fsp3) is 0.400. The highest BCUT2D eigenvalue weighted by Gasteiger charge is 2.08. The first-order chi connectivity index (χ1) is 6.52. The van der Waals surface area contributed by atoms with Crippen LogP contribution >= 0.6 is 0 Å². The Morgan fingerprint density at radius 2 is 2.21 bits per heavy atom. The lowest BCUT2D eigenvalue weighted by Gasteiger charge is -2.07. The Labute approximate surface area is 81.8 Å². The summed E-state index contributed by atoms with van der Waals surface area (Å²) in [5.41, 5.74) is 0.429. The Morgan fingerprint density at radius 3 is 2.71 bits per heavy atom. The van der Waals surface area contributed by atoms with Crippen LogP contribution in [0, 0.1) is 0 Å². The van der Waals surface area contributed by atoms with Crippen molar-refractivity contribution in [3.63, 3.8) is 0 Å². The Bertz CT molecular complexity index is 393. The van der Waals surface area contributed by atoms with Crippen molar-refractivity contribution in [2.75, 3.05) is 0 Å². The van der Waals surface area contributed by atoms with Crippen LogP contribution in [-0.4, -0.2) is 15.6 Å². The summed E-state index contributed by atoms with van der Waals surface area (Å²) in [4.78, 5) is 22.1. The minimum absolute atomic E-state index is 0.115. The molecule has 1 heterocycles. The first-order valence-corrected chi connectivity index (χ1v) is 4.43. The van der Waals surface area contributed by atoms with Crippen molar-refractivity contribution >= 4 is 5.97 Å². The van der Waals surface area contributed by atoms with Crippen molar-refractivity contribution in [1.29, 1.82) is 0 Å². The number of carboxylic acid groups (broad SMARTS) is 1. The van der Waals surface area contributed by atoms with Crippen molar-refractivity contribution < 1.29 is 9.90 Å². The largest absolute Gasteiger partial charge is 0.480 e. The number of pyridine rings is 1. The lowest BCUT2D eigenvalue weighted by Crippen LogP contribution is -2.26. The quantitative estimate of drug-likeness (QED) is 0.784. The monoisotopic (exact) mass is 195 g/mol. The van der Waals surface area contributed by atoms with E-state index in [2.05, 4.69) is 0 Å². The first kappa shape index (κ1) is 10.5. The molecular formula is C10H13NO3. The molecule has 1 aromatic heterocycles. The third kappa shape index (κ3) is 2.22. The molecule has 0 atom stereocenters. The van der Waals surface area contributed by atoms with Crippen LogP contribution in [0.25, 0.3) is 0 Å². The van der Waals surface area contributed by atoms with E-state index in [0.717, 1.165) is 0 Å². The lowest BCUT2D eigenvalue weighted by atomic mass is 10.1. The standard InChI is InChI=1S/C10H13NO3/c1-7(2)8-4-3-5-11(10(8)14)6-9(12)13/h3-5,7H,6H2,1-2H3,(H,12,13). The zero-order chi connectivity index (χ0) is 10.7. The van der Waals surface area contributed by atoms with Gasteiger partial charge in [-0.3, -0.25) is 9.59 Å². The van der Waals surface area contributed by atoms with E-state index < -0.39 is 5.97 Å². The Balaban J connectivity index is 3.14. The molecule has 14 heavy (non-hydrogen) atoms. The molecule has 0 radical (unpaired) electrons.